The van der Waals surface area contributed by atoms with Gasteiger partial charge in [0.25, 0.3) is 0 Å². The van der Waals surface area contributed by atoms with E-state index in [1.807, 2.05) is 32.2 Å². The van der Waals surface area contributed by atoms with E-state index in [1.165, 1.54) is 0 Å². The van der Waals surface area contributed by atoms with E-state index in [0.717, 1.165) is 29.4 Å². The second-order valence-electron chi connectivity index (χ2n) is 4.15. The van der Waals surface area contributed by atoms with Gasteiger partial charge < -0.3 is 0 Å². The summed E-state index contributed by atoms with van der Waals surface area (Å²) in [4.78, 5) is 16.6. The molecule has 2 aromatic rings. The van der Waals surface area contributed by atoms with E-state index in [2.05, 4.69) is 10.1 Å². The molecule has 0 unspecified atom stereocenters. The van der Waals surface area contributed by atoms with Crippen molar-refractivity contribution >= 4 is 17.1 Å². The standard InChI is InChI=1S/C13H17N3OS/c1-4-10-6-12(16(5-2)15-10)13(17)7-11-8-18-9(3)14-11/h6,8H,4-5,7H2,1-3H3. The minimum absolute atomic E-state index is 0.0920. The minimum atomic E-state index is 0.0920. The zero-order valence-electron chi connectivity index (χ0n) is 10.9. The monoisotopic (exact) mass is 263 g/mol. The highest BCUT2D eigenvalue weighted by molar-refractivity contribution is 7.09. The maximum absolute atomic E-state index is 12.2. The van der Waals surface area contributed by atoms with Crippen LogP contribution in [0, 0.1) is 6.92 Å². The van der Waals surface area contributed by atoms with Gasteiger partial charge in [-0.1, -0.05) is 6.92 Å². The van der Waals surface area contributed by atoms with E-state index >= 15 is 0 Å². The zero-order valence-corrected chi connectivity index (χ0v) is 11.8. The van der Waals surface area contributed by atoms with Crippen LogP contribution in [0.1, 0.15) is 40.7 Å². The van der Waals surface area contributed by atoms with E-state index in [0.29, 0.717) is 12.1 Å². The topological polar surface area (TPSA) is 47.8 Å². The fraction of sp³-hybridized carbons (Fsp3) is 0.462. The summed E-state index contributed by atoms with van der Waals surface area (Å²) in [6.07, 6.45) is 1.21. The number of rotatable bonds is 5. The number of ketones is 1. The third kappa shape index (κ3) is 2.67. The molecule has 0 aliphatic carbocycles. The van der Waals surface area contributed by atoms with Crippen molar-refractivity contribution in [2.75, 3.05) is 0 Å². The molecule has 2 rings (SSSR count). The largest absolute Gasteiger partial charge is 0.292 e. The molecule has 2 heterocycles. The molecular weight excluding hydrogens is 246 g/mol. The van der Waals surface area contributed by atoms with Crippen molar-refractivity contribution in [2.45, 2.75) is 40.2 Å². The Balaban J connectivity index is 2.20. The van der Waals surface area contributed by atoms with Gasteiger partial charge in [-0.3, -0.25) is 9.48 Å². The summed E-state index contributed by atoms with van der Waals surface area (Å²) in [5.41, 5.74) is 2.51. The first-order valence-electron chi connectivity index (χ1n) is 6.15. The molecular formula is C13H17N3OS. The molecule has 0 aliphatic rings. The molecule has 96 valence electrons. The predicted octanol–water partition coefficient (Wildman–Crippen LogP) is 2.66. The number of aryl methyl sites for hydroxylation is 3. The van der Waals surface area contributed by atoms with Crippen molar-refractivity contribution in [3.05, 3.63) is 33.5 Å². The Bertz CT molecular complexity index is 556. The van der Waals surface area contributed by atoms with Crippen molar-refractivity contribution in [3.63, 3.8) is 0 Å². The van der Waals surface area contributed by atoms with Crippen molar-refractivity contribution in [1.82, 2.24) is 14.8 Å². The maximum atomic E-state index is 12.2. The molecule has 0 spiro atoms. The molecule has 0 saturated heterocycles. The van der Waals surface area contributed by atoms with Gasteiger partial charge in [-0.05, 0) is 26.3 Å². The predicted molar refractivity (Wildman–Crippen MR) is 72.2 cm³/mol. The summed E-state index contributed by atoms with van der Waals surface area (Å²) in [6, 6.07) is 1.89. The number of nitrogens with zero attached hydrogens (tertiary/aromatic N) is 3. The molecule has 0 fully saturated rings. The number of carbonyl (C=O) groups excluding carboxylic acids is 1. The lowest BCUT2D eigenvalue weighted by Crippen LogP contribution is -2.11. The molecule has 0 N–H and O–H groups in total. The number of Topliss-reactive ketones (excluding diaryl/α,β-unsaturated/α-hetero) is 1. The summed E-state index contributed by atoms with van der Waals surface area (Å²) in [5.74, 6) is 0.0920. The first-order valence-corrected chi connectivity index (χ1v) is 7.03. The molecule has 0 radical (unpaired) electrons. The second-order valence-corrected chi connectivity index (χ2v) is 5.21. The van der Waals surface area contributed by atoms with Crippen LogP contribution in [0.25, 0.3) is 0 Å². The number of thiazole rings is 1. The van der Waals surface area contributed by atoms with Crippen molar-refractivity contribution < 1.29 is 4.79 Å². The molecule has 0 bridgehead atoms. The lowest BCUT2D eigenvalue weighted by Gasteiger charge is -2.02. The number of hydrogen-bond acceptors (Lipinski definition) is 4. The molecule has 5 heteroatoms. The third-order valence-corrected chi connectivity index (χ3v) is 3.61. The number of carbonyl (C=O) groups is 1. The van der Waals surface area contributed by atoms with Crippen LogP contribution in [0.2, 0.25) is 0 Å². The highest BCUT2D eigenvalue weighted by Gasteiger charge is 2.15. The second kappa shape index (κ2) is 5.44. The van der Waals surface area contributed by atoms with E-state index in [4.69, 9.17) is 0 Å². The first-order chi connectivity index (χ1) is 8.63. The summed E-state index contributed by atoms with van der Waals surface area (Å²) in [6.45, 7) is 6.71. The summed E-state index contributed by atoms with van der Waals surface area (Å²) < 4.78 is 1.78. The lowest BCUT2D eigenvalue weighted by molar-refractivity contribution is 0.0982. The Kier molecular flexibility index (Phi) is 3.91. The Morgan fingerprint density at radius 1 is 1.39 bits per heavy atom. The Morgan fingerprint density at radius 2 is 2.17 bits per heavy atom. The summed E-state index contributed by atoms with van der Waals surface area (Å²) in [7, 11) is 0. The quantitative estimate of drug-likeness (QED) is 0.779. The molecule has 0 saturated carbocycles. The van der Waals surface area contributed by atoms with E-state index in [-0.39, 0.29) is 5.78 Å². The first kappa shape index (κ1) is 13.0. The Hall–Kier alpha value is -1.49. The van der Waals surface area contributed by atoms with Crippen molar-refractivity contribution in [3.8, 4) is 0 Å². The summed E-state index contributed by atoms with van der Waals surface area (Å²) in [5, 5.41) is 7.33. The van der Waals surface area contributed by atoms with Crippen LogP contribution in [0.5, 0.6) is 0 Å². The van der Waals surface area contributed by atoms with Crippen LogP contribution < -0.4 is 0 Å². The van der Waals surface area contributed by atoms with Gasteiger partial charge in [0.05, 0.1) is 22.8 Å². The average molecular weight is 263 g/mol. The SMILES string of the molecule is CCc1cc(C(=O)Cc2csc(C)n2)n(CC)n1. The normalized spacial score (nSPS) is 10.8. The van der Waals surface area contributed by atoms with Crippen LogP contribution in [0.4, 0.5) is 0 Å². The van der Waals surface area contributed by atoms with Crippen LogP contribution in [0.3, 0.4) is 0 Å². The van der Waals surface area contributed by atoms with E-state index < -0.39 is 0 Å². The average Bonchev–Trinajstić information content (AvgIpc) is 2.95. The number of aromatic nitrogens is 3. The number of hydrogen-bond donors (Lipinski definition) is 0. The van der Waals surface area contributed by atoms with Gasteiger partial charge in [-0.2, -0.15) is 5.10 Å². The fourth-order valence-electron chi connectivity index (χ4n) is 1.85. The van der Waals surface area contributed by atoms with Gasteiger partial charge in [-0.25, -0.2) is 4.98 Å². The van der Waals surface area contributed by atoms with Crippen LogP contribution in [-0.2, 0) is 19.4 Å². The van der Waals surface area contributed by atoms with Gasteiger partial charge in [-0.15, -0.1) is 11.3 Å². The van der Waals surface area contributed by atoms with Gasteiger partial charge in [0.15, 0.2) is 5.78 Å². The Morgan fingerprint density at radius 3 is 2.72 bits per heavy atom. The fourth-order valence-corrected chi connectivity index (χ4v) is 2.47. The van der Waals surface area contributed by atoms with Crippen molar-refractivity contribution in [2.24, 2.45) is 0 Å². The third-order valence-electron chi connectivity index (χ3n) is 2.79. The molecule has 4 nitrogen and oxygen atoms in total. The van der Waals surface area contributed by atoms with E-state index in [9.17, 15) is 4.79 Å². The lowest BCUT2D eigenvalue weighted by atomic mass is 10.1. The van der Waals surface area contributed by atoms with Crippen molar-refractivity contribution in [1.29, 1.82) is 0 Å². The highest BCUT2D eigenvalue weighted by atomic mass is 32.1. The minimum Gasteiger partial charge on any atom is -0.292 e. The van der Waals surface area contributed by atoms with Gasteiger partial charge >= 0.3 is 0 Å². The molecule has 0 atom stereocenters. The summed E-state index contributed by atoms with van der Waals surface area (Å²) >= 11 is 1.58. The molecule has 0 amide bonds. The molecule has 2 aromatic heterocycles. The van der Waals surface area contributed by atoms with Crippen LogP contribution in [-0.4, -0.2) is 20.5 Å². The van der Waals surface area contributed by atoms with E-state index in [1.54, 1.807) is 16.0 Å². The maximum Gasteiger partial charge on any atom is 0.186 e. The molecule has 0 aliphatic heterocycles. The van der Waals surface area contributed by atoms with Crippen LogP contribution >= 0.6 is 11.3 Å². The zero-order chi connectivity index (χ0) is 13.1. The van der Waals surface area contributed by atoms with Gasteiger partial charge in [0.1, 0.15) is 5.69 Å². The Labute approximate surface area is 111 Å². The van der Waals surface area contributed by atoms with Crippen LogP contribution in [0.15, 0.2) is 11.4 Å². The van der Waals surface area contributed by atoms with Gasteiger partial charge in [0, 0.05) is 11.9 Å². The smallest absolute Gasteiger partial charge is 0.186 e. The van der Waals surface area contributed by atoms with Gasteiger partial charge in [0.2, 0.25) is 0 Å². The highest BCUT2D eigenvalue weighted by Crippen LogP contribution is 2.13. The molecule has 0 aromatic carbocycles. The molecule has 18 heavy (non-hydrogen) atoms.